The van der Waals surface area contributed by atoms with Gasteiger partial charge in [0.2, 0.25) is 0 Å². The normalized spacial score (nSPS) is 15.2. The van der Waals surface area contributed by atoms with Crippen molar-refractivity contribution in [1.29, 1.82) is 0 Å². The molecule has 0 aliphatic carbocycles. The summed E-state index contributed by atoms with van der Waals surface area (Å²) in [7, 11) is -2.07. The molecule has 0 spiro atoms. The maximum atomic E-state index is 10.6. The molecule has 0 bridgehead atoms. The van der Waals surface area contributed by atoms with Crippen molar-refractivity contribution < 1.29 is 10.2 Å². The minimum Gasteiger partial charge on any atom is -0.852 e. The van der Waals surface area contributed by atoms with E-state index in [-0.39, 0.29) is 35.3 Å². The van der Waals surface area contributed by atoms with Gasteiger partial charge in [0.05, 0.1) is 0 Å². The van der Waals surface area contributed by atoms with Gasteiger partial charge in [-0.3, -0.25) is 0 Å². The third kappa shape index (κ3) is 31.7. The Morgan fingerprint density at radius 3 is 0.882 bits per heavy atom. The zero-order valence-electron chi connectivity index (χ0n) is 13.1. The van der Waals surface area contributed by atoms with E-state index in [0.717, 1.165) is 12.1 Å². The van der Waals surface area contributed by atoms with Crippen molar-refractivity contribution in [2.75, 3.05) is 0 Å². The summed E-state index contributed by atoms with van der Waals surface area (Å²) in [6.07, 6.45) is -0.691. The van der Waals surface area contributed by atoms with Crippen LogP contribution in [0.4, 0.5) is 0 Å². The molecular formula is C12H30MgO2Si2. The van der Waals surface area contributed by atoms with Gasteiger partial charge < -0.3 is 10.2 Å². The van der Waals surface area contributed by atoms with Gasteiger partial charge in [0.1, 0.15) is 0 Å². The number of hydrogen-bond acceptors (Lipinski definition) is 2. The molecule has 100 valence electrons. The van der Waals surface area contributed by atoms with E-state index in [4.69, 9.17) is 0 Å². The molecule has 0 aliphatic heterocycles. The topological polar surface area (TPSA) is 46.1 Å². The van der Waals surface area contributed by atoms with Crippen molar-refractivity contribution in [3.63, 3.8) is 0 Å². The van der Waals surface area contributed by atoms with E-state index < -0.39 is 16.1 Å². The SMILES string of the molecule is CC([O-])C[Si](C)(C)C.CC([O-])C[Si](C)(C)C.[Mg+2]. The van der Waals surface area contributed by atoms with Gasteiger partial charge in [-0.05, 0) is 0 Å². The molecule has 0 aliphatic rings. The van der Waals surface area contributed by atoms with Crippen LogP contribution in [0.3, 0.4) is 0 Å². The van der Waals surface area contributed by atoms with Gasteiger partial charge in [-0.15, -0.1) is 12.2 Å². The second-order valence-electron chi connectivity index (χ2n) is 7.15. The molecule has 0 saturated carbocycles. The Hall–Kier alpha value is 1.12. The van der Waals surface area contributed by atoms with Gasteiger partial charge in [-0.1, -0.05) is 65.2 Å². The van der Waals surface area contributed by atoms with Crippen LogP contribution >= 0.6 is 0 Å². The Morgan fingerprint density at radius 1 is 0.706 bits per heavy atom. The van der Waals surface area contributed by atoms with E-state index in [2.05, 4.69) is 39.3 Å². The summed E-state index contributed by atoms with van der Waals surface area (Å²) in [6.45, 7) is 16.8. The first kappa shape index (κ1) is 23.2. The van der Waals surface area contributed by atoms with Gasteiger partial charge in [-0.2, -0.15) is 0 Å². The van der Waals surface area contributed by atoms with Crippen LogP contribution in [0.25, 0.3) is 0 Å². The van der Waals surface area contributed by atoms with E-state index in [1.54, 1.807) is 13.8 Å². The number of hydrogen-bond donors (Lipinski definition) is 0. The average Bonchev–Trinajstić information content (AvgIpc) is 1.72. The van der Waals surface area contributed by atoms with Gasteiger partial charge in [0.25, 0.3) is 0 Å². The third-order valence-corrected chi connectivity index (χ3v) is 5.40. The Bertz CT molecular complexity index is 152. The summed E-state index contributed by atoms with van der Waals surface area (Å²) in [5.74, 6) is 0. The largest absolute Gasteiger partial charge is 2.00 e. The summed E-state index contributed by atoms with van der Waals surface area (Å²) in [4.78, 5) is 0. The maximum Gasteiger partial charge on any atom is 2.00 e. The van der Waals surface area contributed by atoms with Crippen molar-refractivity contribution in [2.45, 2.75) is 77.4 Å². The predicted molar refractivity (Wildman–Crippen MR) is 81.0 cm³/mol. The first-order valence-electron chi connectivity index (χ1n) is 6.15. The Kier molecular flexibility index (Phi) is 13.6. The van der Waals surface area contributed by atoms with Crippen LogP contribution in [-0.2, 0) is 0 Å². The quantitative estimate of drug-likeness (QED) is 0.740. The summed E-state index contributed by atoms with van der Waals surface area (Å²) < 4.78 is 0. The zero-order chi connectivity index (χ0) is 13.6. The monoisotopic (exact) mass is 286 g/mol. The van der Waals surface area contributed by atoms with E-state index in [1.165, 1.54) is 0 Å². The van der Waals surface area contributed by atoms with Gasteiger partial charge in [0.15, 0.2) is 0 Å². The minimum atomic E-state index is -1.03. The Morgan fingerprint density at radius 2 is 0.882 bits per heavy atom. The fourth-order valence-electron chi connectivity index (χ4n) is 1.72. The van der Waals surface area contributed by atoms with Crippen molar-refractivity contribution in [1.82, 2.24) is 0 Å². The molecule has 0 rings (SSSR count). The van der Waals surface area contributed by atoms with Gasteiger partial charge in [0, 0.05) is 16.1 Å². The molecule has 0 aromatic rings. The molecule has 2 unspecified atom stereocenters. The molecule has 0 fully saturated rings. The van der Waals surface area contributed by atoms with E-state index in [1.807, 2.05) is 0 Å². The first-order chi connectivity index (χ1) is 6.83. The molecule has 0 radical (unpaired) electrons. The molecule has 5 heteroatoms. The first-order valence-corrected chi connectivity index (χ1v) is 13.6. The van der Waals surface area contributed by atoms with Crippen LogP contribution in [0.2, 0.25) is 51.4 Å². The maximum absolute atomic E-state index is 10.6. The van der Waals surface area contributed by atoms with Crippen molar-refractivity contribution >= 4 is 39.2 Å². The van der Waals surface area contributed by atoms with E-state index in [0.29, 0.717) is 0 Å². The summed E-state index contributed by atoms with van der Waals surface area (Å²) in [5, 5.41) is 21.2. The van der Waals surface area contributed by atoms with Crippen LogP contribution in [0, 0.1) is 0 Å². The fraction of sp³-hybridized carbons (Fsp3) is 1.00. The predicted octanol–water partition coefficient (Wildman–Crippen LogP) is 1.77. The molecule has 0 saturated heterocycles. The van der Waals surface area contributed by atoms with Crippen LogP contribution in [0.1, 0.15) is 13.8 Å². The zero-order valence-corrected chi connectivity index (χ0v) is 16.5. The molecule has 0 aromatic carbocycles. The number of rotatable bonds is 4. The van der Waals surface area contributed by atoms with Gasteiger partial charge >= 0.3 is 23.1 Å². The molecule has 0 amide bonds. The molecule has 0 heterocycles. The second kappa shape index (κ2) is 9.97. The van der Waals surface area contributed by atoms with E-state index in [9.17, 15) is 10.2 Å². The third-order valence-electron chi connectivity index (χ3n) is 1.80. The molecule has 17 heavy (non-hydrogen) atoms. The second-order valence-corrected chi connectivity index (χ2v) is 18.2. The van der Waals surface area contributed by atoms with Crippen molar-refractivity contribution in [3.8, 4) is 0 Å². The molecule has 2 atom stereocenters. The van der Waals surface area contributed by atoms with Crippen molar-refractivity contribution in [2.24, 2.45) is 0 Å². The van der Waals surface area contributed by atoms with Crippen LogP contribution in [-0.4, -0.2) is 51.4 Å². The average molecular weight is 287 g/mol. The summed E-state index contributed by atoms with van der Waals surface area (Å²) in [5.41, 5.74) is 0. The Balaban J connectivity index is -0.000000218. The van der Waals surface area contributed by atoms with Crippen LogP contribution in [0.5, 0.6) is 0 Å². The molecule has 0 N–H and O–H groups in total. The van der Waals surface area contributed by atoms with Crippen LogP contribution < -0.4 is 10.2 Å². The van der Waals surface area contributed by atoms with E-state index >= 15 is 0 Å². The standard InChI is InChI=1S/2C6H15OSi.Mg/c2*1-6(7)5-8(2,3)4;/h2*6H,5H2,1-4H3;/q2*-1;+2. The van der Waals surface area contributed by atoms with Crippen molar-refractivity contribution in [3.05, 3.63) is 0 Å². The fourth-order valence-corrected chi connectivity index (χ4v) is 5.17. The molecule has 2 nitrogen and oxygen atoms in total. The Labute approximate surface area is 126 Å². The summed E-state index contributed by atoms with van der Waals surface area (Å²) >= 11 is 0. The van der Waals surface area contributed by atoms with Crippen LogP contribution in [0.15, 0.2) is 0 Å². The molecule has 0 aromatic heterocycles. The molecular weight excluding hydrogens is 257 g/mol. The summed E-state index contributed by atoms with van der Waals surface area (Å²) in [6, 6.07) is 1.82. The van der Waals surface area contributed by atoms with Gasteiger partial charge in [-0.25, -0.2) is 0 Å². The smallest absolute Gasteiger partial charge is 0.852 e. The minimum absolute atomic E-state index is 0.